The van der Waals surface area contributed by atoms with E-state index in [2.05, 4.69) is 46.2 Å². The molecule has 0 spiro atoms. The standard InChI is InChI=1S/C54H63F3N8O7S.C29H31F3N4O4.C25H34N4O4S/c1-32-13-14-40(48-34(3)62-72-36(48)5)25-45(32)64(41-19-20-44(63-23-21-58-30-63)43(26-41)54(55,56)57)22-11-10-12-24-70-29-47(67)61-50(53(7,8)9)52(69)65-28-42(71-37(6)66)27-46(65)51(68)60-33(2)38-15-17-39(18-16-38)49-35(4)59-31-73-49;1-19-7-8-22(28-20(2)34-40-21(28)3)15-26(19)36(12-5-4-6-14-39-17-27(37)38)23-9-10-25(35-13-11-33-18-35)24(16-23)29(30,31)32;1-14(17-7-9-18(10-8-17)21-15(2)27-13-34-21)28-23(31)20-11-19(33-16(3)30)12-29(20)24(32)22(26)25(4,5)6/h13-21,23,25-26,30-31,33,42,46,50H,10-12,22,24,27-29H2,1-9H3,(H,60,68)(H,61,67);7-11,13,15-16,18H,4-6,12,14,17H2,1-3H3,(H,37,38);7-10,13-14,19-20,22H,11-12,26H2,1-6H3,(H,28,31)/t33-,42+,46-,50+;;14-,19+,20-,22+/m0.0/s1. The number of nitrogens with one attached hydrogen (secondary N) is 3. The molecule has 6 aromatic heterocycles. The minimum absolute atomic E-state index is 0.00882. The van der Waals surface area contributed by atoms with Gasteiger partial charge in [-0.05, 0) is 212 Å². The van der Waals surface area contributed by atoms with Gasteiger partial charge in [0.05, 0.1) is 110 Å². The Labute approximate surface area is 858 Å². The number of likely N-dealkylation sites (tertiary alicyclic amines) is 2. The number of aromatic nitrogens is 8. The zero-order valence-electron chi connectivity index (χ0n) is 85.8. The van der Waals surface area contributed by atoms with Crippen molar-refractivity contribution < 1.29 is 97.8 Å². The zero-order valence-corrected chi connectivity index (χ0v) is 87.4. The van der Waals surface area contributed by atoms with E-state index in [1.165, 1.54) is 94.5 Å². The Morgan fingerprint density at radius 1 is 0.503 bits per heavy atom. The number of esters is 2. The molecule has 0 saturated carbocycles. The number of aryl methyl sites for hydroxylation is 8. The molecule has 8 heterocycles. The Morgan fingerprint density at radius 3 is 1.25 bits per heavy atom. The molecule has 8 atom stereocenters. The van der Waals surface area contributed by atoms with Crippen LogP contribution in [-0.2, 0) is 69.7 Å². The molecule has 2 aliphatic heterocycles. The minimum atomic E-state index is -4.66. The number of anilines is 4. The number of benzene rings is 6. The Balaban J connectivity index is 0.000000217. The Hall–Kier alpha value is -13.8. The highest BCUT2D eigenvalue weighted by Gasteiger charge is 2.48. The summed E-state index contributed by atoms with van der Waals surface area (Å²) in [7, 11) is 0. The van der Waals surface area contributed by atoms with Gasteiger partial charge in [0.2, 0.25) is 29.5 Å². The van der Waals surface area contributed by atoms with Crippen molar-refractivity contribution in [2.24, 2.45) is 16.6 Å². The second-order valence-corrected chi connectivity index (χ2v) is 40.8. The Kier molecular flexibility index (Phi) is 37.5. The van der Waals surface area contributed by atoms with Crippen molar-refractivity contribution in [3.63, 3.8) is 0 Å². The third kappa shape index (κ3) is 29.0. The maximum Gasteiger partial charge on any atom is 0.418 e. The molecule has 0 radical (unpaired) electrons. The van der Waals surface area contributed by atoms with E-state index >= 15 is 0 Å². The number of hydrogen-bond acceptors (Lipinski definition) is 25. The number of nitrogens with zero attached hydrogens (tertiary/aromatic N) is 12. The lowest BCUT2D eigenvalue weighted by Gasteiger charge is -2.35. The van der Waals surface area contributed by atoms with Gasteiger partial charge >= 0.3 is 30.3 Å². The second kappa shape index (κ2) is 49.2. The van der Waals surface area contributed by atoms with Gasteiger partial charge in [0.15, 0.2) is 0 Å². The number of thiazole rings is 2. The van der Waals surface area contributed by atoms with Crippen molar-refractivity contribution in [3.8, 4) is 54.5 Å². The van der Waals surface area contributed by atoms with Gasteiger partial charge in [0.1, 0.15) is 55.1 Å². The molecule has 5 amide bonds. The Morgan fingerprint density at radius 2 is 0.905 bits per heavy atom. The van der Waals surface area contributed by atoms with E-state index in [-0.39, 0.29) is 75.0 Å². The topological polar surface area (TPSA) is 382 Å². The average molecular weight is 2070 g/mol. The summed E-state index contributed by atoms with van der Waals surface area (Å²) in [4.78, 5) is 128. The number of carbonyl (C=O) groups excluding carboxylic acids is 7. The molecule has 2 aliphatic rings. The molecule has 6 N–H and O–H groups in total. The van der Waals surface area contributed by atoms with Crippen LogP contribution in [0.1, 0.15) is 200 Å². The molecule has 0 bridgehead atoms. The SMILES string of the molecule is CC(=O)O[C@@H]1C[C@@H](C(=O)N[C@@H](C)c2ccc(-c3scnc3C)cc2)N(C(=O)[C@@H](N)C(C)(C)C)C1.CC(=O)O[C@@H]1C[C@@H](C(=O)N[C@@H](C)c2ccc(-c3scnc3C)cc2)N(C(=O)[C@@H](NC(=O)COCCCCCN(c2ccc(-n3ccnc3)c(C(F)(F)F)c2)c2cc(-c3c(C)noc3C)ccc2C)C(C)(C)C)C1.Cc1ccc(-c2c(C)noc2C)cc1N(CCCCCOCC(=O)O)c1ccc(-n2ccnc2)c(C(F)(F)F)c1. The molecule has 14 rings (SSSR count). The number of nitrogens with two attached hydrogens (primary N) is 1. The predicted molar refractivity (Wildman–Crippen MR) is 548 cm³/mol. The number of unbranched alkanes of at least 4 members (excludes halogenated alkanes) is 4. The van der Waals surface area contributed by atoms with Gasteiger partial charge < -0.3 is 83.5 Å². The molecule has 6 aromatic carbocycles. The Bertz CT molecular complexity index is 6510. The highest BCUT2D eigenvalue weighted by Crippen LogP contribution is 2.45. The summed E-state index contributed by atoms with van der Waals surface area (Å²) in [5.41, 5.74) is 21.5. The summed E-state index contributed by atoms with van der Waals surface area (Å²) < 4.78 is 122. The molecule has 31 nitrogen and oxygen atoms in total. The third-order valence-electron chi connectivity index (χ3n) is 25.7. The monoisotopic (exact) mass is 2070 g/mol. The molecule has 147 heavy (non-hydrogen) atoms. The third-order valence-corrected chi connectivity index (χ3v) is 27.7. The number of rotatable bonds is 37. The van der Waals surface area contributed by atoms with Crippen LogP contribution in [-0.4, -0.2) is 191 Å². The number of halogens is 6. The van der Waals surface area contributed by atoms with E-state index in [0.717, 1.165) is 93.8 Å². The van der Waals surface area contributed by atoms with Crippen LogP contribution in [0.5, 0.6) is 0 Å². The number of alkyl halides is 6. The van der Waals surface area contributed by atoms with Crippen molar-refractivity contribution in [2.45, 2.75) is 237 Å². The maximum absolute atomic E-state index is 14.7. The van der Waals surface area contributed by atoms with E-state index in [4.69, 9.17) is 38.8 Å². The van der Waals surface area contributed by atoms with E-state index in [1.54, 1.807) is 61.1 Å². The normalized spacial score (nSPS) is 15.6. The van der Waals surface area contributed by atoms with Gasteiger partial charge in [0, 0.05) is 112 Å². The number of carbonyl (C=O) groups is 8. The molecule has 0 unspecified atom stereocenters. The van der Waals surface area contributed by atoms with Crippen molar-refractivity contribution in [1.82, 2.24) is 65.1 Å². The van der Waals surface area contributed by atoms with Crippen molar-refractivity contribution in [1.29, 1.82) is 0 Å². The molecule has 39 heteroatoms. The van der Waals surface area contributed by atoms with Crippen molar-refractivity contribution in [2.75, 3.05) is 62.4 Å². The number of ether oxygens (including phenoxy) is 4. The smallest absolute Gasteiger partial charge is 0.418 e. The van der Waals surface area contributed by atoms with Crippen LogP contribution in [0.3, 0.4) is 0 Å². The summed E-state index contributed by atoms with van der Waals surface area (Å²) in [5, 5.41) is 25.8. The highest BCUT2D eigenvalue weighted by atomic mass is 32.1. The maximum atomic E-state index is 14.7. The van der Waals surface area contributed by atoms with Gasteiger partial charge in [-0.25, -0.2) is 24.7 Å². The van der Waals surface area contributed by atoms with Crippen molar-refractivity contribution in [3.05, 3.63) is 237 Å². The molecule has 0 aliphatic carbocycles. The molecular formula is C108H128F6N16O15S2. The largest absolute Gasteiger partial charge is 0.480 e. The number of aliphatic carboxylic acids is 1. The minimum Gasteiger partial charge on any atom is -0.480 e. The lowest BCUT2D eigenvalue weighted by Crippen LogP contribution is -2.58. The summed E-state index contributed by atoms with van der Waals surface area (Å²) >= 11 is 3.14. The first-order valence-corrected chi connectivity index (χ1v) is 50.3. The number of carboxylic acids is 1. The lowest BCUT2D eigenvalue weighted by atomic mass is 9.85. The van der Waals surface area contributed by atoms with Gasteiger partial charge in [-0.3, -0.25) is 33.6 Å². The number of hydrogen-bond donors (Lipinski definition) is 5. The van der Waals surface area contributed by atoms with Crippen LogP contribution < -0.4 is 31.5 Å². The molecule has 2 fully saturated rings. The summed E-state index contributed by atoms with van der Waals surface area (Å²) in [6.07, 6.45) is 1.98. The highest BCUT2D eigenvalue weighted by molar-refractivity contribution is 7.13. The number of amides is 5. The second-order valence-electron chi connectivity index (χ2n) is 39.1. The summed E-state index contributed by atoms with van der Waals surface area (Å²) in [6.45, 7) is 33.2. The van der Waals surface area contributed by atoms with Crippen LogP contribution in [0.25, 0.3) is 54.5 Å². The molecule has 784 valence electrons. The molecule has 12 aromatic rings. The van der Waals surface area contributed by atoms with Crippen LogP contribution in [0.4, 0.5) is 49.1 Å². The van der Waals surface area contributed by atoms with Crippen LogP contribution >= 0.6 is 22.7 Å². The fourth-order valence-corrected chi connectivity index (χ4v) is 19.6. The van der Waals surface area contributed by atoms with E-state index in [9.17, 15) is 64.7 Å². The van der Waals surface area contributed by atoms with Crippen LogP contribution in [0.2, 0.25) is 0 Å². The van der Waals surface area contributed by atoms with Crippen LogP contribution in [0, 0.1) is 66.2 Å². The fraction of sp³-hybridized carbons (Fsp3) is 0.426. The average Bonchev–Trinajstić information content (AvgIpc) is 1.17. The van der Waals surface area contributed by atoms with Gasteiger partial charge in [-0.15, -0.1) is 22.7 Å². The van der Waals surface area contributed by atoms with Crippen LogP contribution in [0.15, 0.2) is 179 Å². The first kappa shape index (κ1) is 112. The number of carboxylic acid groups (broad SMARTS) is 1. The number of imidazole rings is 2. The predicted octanol–water partition coefficient (Wildman–Crippen LogP) is 20.3. The van der Waals surface area contributed by atoms with E-state index in [1.807, 2.05) is 190 Å². The quantitative estimate of drug-likeness (QED) is 0.0137. The van der Waals surface area contributed by atoms with Gasteiger partial charge in [-0.1, -0.05) is 125 Å². The van der Waals surface area contributed by atoms with Gasteiger partial charge in [-0.2, -0.15) is 26.3 Å². The zero-order chi connectivity index (χ0) is 107. The van der Waals surface area contributed by atoms with Crippen molar-refractivity contribution >= 4 is 92.9 Å². The lowest BCUT2D eigenvalue weighted by molar-refractivity contribution is -0.148. The van der Waals surface area contributed by atoms with E-state index in [0.29, 0.717) is 86.8 Å². The molecule has 2 saturated heterocycles. The summed E-state index contributed by atoms with van der Waals surface area (Å²) in [6, 6.07) is 31.8. The summed E-state index contributed by atoms with van der Waals surface area (Å²) in [5.74, 6) is -2.79. The first-order chi connectivity index (χ1) is 69.5. The first-order valence-electron chi connectivity index (χ1n) is 48.6. The fourth-order valence-electron chi connectivity index (χ4n) is 18.0. The van der Waals surface area contributed by atoms with Gasteiger partial charge in [0.25, 0.3) is 0 Å². The van der Waals surface area contributed by atoms with E-state index < -0.39 is 112 Å². The molecular weight excluding hydrogens is 1940 g/mol.